The van der Waals surface area contributed by atoms with Crippen molar-refractivity contribution in [3.63, 3.8) is 0 Å². The number of aromatic amines is 1. The van der Waals surface area contributed by atoms with Crippen LogP contribution in [-0.2, 0) is 0 Å². The number of hydrogen-bond donors (Lipinski definition) is 1. The molecule has 0 aliphatic heterocycles. The molecule has 3 aromatic heterocycles. The first-order valence-electron chi connectivity index (χ1n) is 6.88. The van der Waals surface area contributed by atoms with Crippen molar-refractivity contribution in [3.05, 3.63) is 63.3 Å². The van der Waals surface area contributed by atoms with Crippen LogP contribution in [0.15, 0.2) is 41.3 Å². The normalized spacial score (nSPS) is 11.4. The molecule has 0 fully saturated rings. The van der Waals surface area contributed by atoms with Crippen LogP contribution in [-0.4, -0.2) is 19.7 Å². The summed E-state index contributed by atoms with van der Waals surface area (Å²) in [6.07, 6.45) is 1.64. The van der Waals surface area contributed by atoms with Gasteiger partial charge in [0.05, 0.1) is 21.6 Å². The number of fused-ring (bicyclic) bond motifs is 2. The number of hydrogen-bond acceptors (Lipinski definition) is 3. The molecular weight excluding hydrogens is 319 g/mol. The Morgan fingerprint density at radius 1 is 1.30 bits per heavy atom. The number of rotatable bonds is 1. The molecular formula is C16H10ClFN4O. The number of pyridine rings is 2. The van der Waals surface area contributed by atoms with Crippen LogP contribution in [0.1, 0.15) is 5.69 Å². The molecule has 0 atom stereocenters. The van der Waals surface area contributed by atoms with Gasteiger partial charge in [0.25, 0.3) is 0 Å². The highest BCUT2D eigenvalue weighted by Crippen LogP contribution is 2.24. The molecule has 5 nitrogen and oxygen atoms in total. The zero-order chi connectivity index (χ0) is 16.1. The maximum atomic E-state index is 13.7. The Morgan fingerprint density at radius 2 is 2.13 bits per heavy atom. The van der Waals surface area contributed by atoms with Crippen LogP contribution in [0.4, 0.5) is 4.39 Å². The molecule has 0 saturated carbocycles. The number of nitrogens with one attached hydrogen (secondary N) is 1. The highest BCUT2D eigenvalue weighted by atomic mass is 35.5. The van der Waals surface area contributed by atoms with Gasteiger partial charge in [-0.25, -0.2) is 9.37 Å². The average Bonchev–Trinajstić information content (AvgIpc) is 2.87. The summed E-state index contributed by atoms with van der Waals surface area (Å²) in [6, 6.07) is 7.96. The van der Waals surface area contributed by atoms with Crippen molar-refractivity contribution in [3.8, 4) is 5.82 Å². The summed E-state index contributed by atoms with van der Waals surface area (Å²) in [5, 5.41) is 4.98. The molecule has 0 aliphatic carbocycles. The molecule has 0 spiro atoms. The van der Waals surface area contributed by atoms with Crippen LogP contribution in [0.2, 0.25) is 5.02 Å². The van der Waals surface area contributed by atoms with Crippen LogP contribution in [0.5, 0.6) is 0 Å². The first kappa shape index (κ1) is 13.9. The van der Waals surface area contributed by atoms with Crippen molar-refractivity contribution in [1.29, 1.82) is 0 Å². The molecule has 4 rings (SSSR count). The topological polar surface area (TPSA) is 63.6 Å². The number of nitrogens with zero attached hydrogens (tertiary/aromatic N) is 3. The Labute approximate surface area is 134 Å². The van der Waals surface area contributed by atoms with E-state index in [1.165, 1.54) is 6.07 Å². The van der Waals surface area contributed by atoms with E-state index in [4.69, 9.17) is 11.6 Å². The van der Waals surface area contributed by atoms with E-state index in [1.807, 2.05) is 6.07 Å². The molecule has 23 heavy (non-hydrogen) atoms. The van der Waals surface area contributed by atoms with Gasteiger partial charge in [-0.3, -0.25) is 4.79 Å². The van der Waals surface area contributed by atoms with Crippen molar-refractivity contribution in [1.82, 2.24) is 19.7 Å². The number of halogens is 2. The first-order valence-corrected chi connectivity index (χ1v) is 7.26. The van der Waals surface area contributed by atoms with Gasteiger partial charge in [-0.2, -0.15) is 9.78 Å². The highest BCUT2D eigenvalue weighted by molar-refractivity contribution is 6.31. The van der Waals surface area contributed by atoms with Crippen molar-refractivity contribution in [2.75, 3.05) is 0 Å². The molecule has 7 heteroatoms. The van der Waals surface area contributed by atoms with Crippen molar-refractivity contribution >= 4 is 33.5 Å². The van der Waals surface area contributed by atoms with E-state index < -0.39 is 5.82 Å². The van der Waals surface area contributed by atoms with Gasteiger partial charge in [0.15, 0.2) is 5.82 Å². The van der Waals surface area contributed by atoms with Crippen molar-refractivity contribution in [2.24, 2.45) is 0 Å². The van der Waals surface area contributed by atoms with Gasteiger partial charge < -0.3 is 4.98 Å². The molecule has 3 heterocycles. The van der Waals surface area contributed by atoms with Gasteiger partial charge in [0, 0.05) is 11.6 Å². The van der Waals surface area contributed by atoms with Crippen molar-refractivity contribution in [2.45, 2.75) is 6.92 Å². The van der Waals surface area contributed by atoms with Crippen LogP contribution >= 0.6 is 11.6 Å². The maximum Gasteiger partial charge on any atom is 0.200 e. The zero-order valence-electron chi connectivity index (χ0n) is 12.0. The third-order valence-corrected chi connectivity index (χ3v) is 4.00. The molecule has 0 radical (unpaired) electrons. The van der Waals surface area contributed by atoms with Crippen LogP contribution < -0.4 is 5.43 Å². The minimum atomic E-state index is -0.626. The van der Waals surface area contributed by atoms with Gasteiger partial charge in [0.2, 0.25) is 5.43 Å². The van der Waals surface area contributed by atoms with E-state index in [-0.39, 0.29) is 15.8 Å². The van der Waals surface area contributed by atoms with Gasteiger partial charge >= 0.3 is 0 Å². The monoisotopic (exact) mass is 328 g/mol. The average molecular weight is 329 g/mol. The molecule has 0 unspecified atom stereocenters. The second kappa shape index (κ2) is 4.89. The number of aromatic nitrogens is 4. The van der Waals surface area contributed by atoms with Crippen LogP contribution in [0, 0.1) is 12.7 Å². The lowest BCUT2D eigenvalue weighted by atomic mass is 10.1. The SMILES string of the molecule is Cc1nn(-c2ccccn2)c2[nH]c3cc(Cl)c(F)cc3c(=O)c12. The molecule has 0 aliphatic rings. The number of aryl methyl sites for hydroxylation is 1. The summed E-state index contributed by atoms with van der Waals surface area (Å²) < 4.78 is 15.2. The molecule has 1 aromatic carbocycles. The van der Waals surface area contributed by atoms with E-state index in [0.29, 0.717) is 28.1 Å². The number of benzene rings is 1. The predicted octanol–water partition coefficient (Wildman–Crippen LogP) is 3.36. The van der Waals surface area contributed by atoms with Gasteiger partial charge in [-0.05, 0) is 31.2 Å². The molecule has 4 aromatic rings. The second-order valence-corrected chi connectivity index (χ2v) is 5.58. The summed E-state index contributed by atoms with van der Waals surface area (Å²) in [5.41, 5.74) is 1.21. The fourth-order valence-electron chi connectivity index (χ4n) is 2.66. The summed E-state index contributed by atoms with van der Waals surface area (Å²) in [5.74, 6) is -0.0485. The number of H-pyrrole nitrogens is 1. The molecule has 114 valence electrons. The Bertz CT molecular complexity index is 1120. The molecule has 0 amide bonds. The van der Waals surface area contributed by atoms with Crippen LogP contribution in [0.25, 0.3) is 27.8 Å². The lowest BCUT2D eigenvalue weighted by Gasteiger charge is -2.04. The Kier molecular flexibility index (Phi) is 2.96. The van der Waals surface area contributed by atoms with Crippen molar-refractivity contribution < 1.29 is 4.39 Å². The Morgan fingerprint density at radius 3 is 2.87 bits per heavy atom. The van der Waals surface area contributed by atoms with E-state index in [2.05, 4.69) is 15.1 Å². The zero-order valence-corrected chi connectivity index (χ0v) is 12.7. The Hall–Kier alpha value is -2.73. The fraction of sp³-hybridized carbons (Fsp3) is 0.0625. The summed E-state index contributed by atoms with van der Waals surface area (Å²) in [6.45, 7) is 1.73. The third kappa shape index (κ3) is 2.03. The lowest BCUT2D eigenvalue weighted by Crippen LogP contribution is -2.06. The maximum absolute atomic E-state index is 13.7. The minimum absolute atomic E-state index is 0.0480. The largest absolute Gasteiger partial charge is 0.339 e. The fourth-order valence-corrected chi connectivity index (χ4v) is 2.82. The molecule has 0 bridgehead atoms. The predicted molar refractivity (Wildman–Crippen MR) is 86.7 cm³/mol. The van der Waals surface area contributed by atoms with Crippen LogP contribution in [0.3, 0.4) is 0 Å². The summed E-state index contributed by atoms with van der Waals surface area (Å²) in [4.78, 5) is 20.1. The van der Waals surface area contributed by atoms with Gasteiger partial charge in [0.1, 0.15) is 11.5 Å². The first-order chi connectivity index (χ1) is 11.1. The summed E-state index contributed by atoms with van der Waals surface area (Å²) in [7, 11) is 0. The second-order valence-electron chi connectivity index (χ2n) is 5.17. The highest BCUT2D eigenvalue weighted by Gasteiger charge is 2.17. The standard InChI is InChI=1S/C16H10ClFN4O/c1-8-14-15(23)9-6-11(18)10(17)7-12(9)20-16(14)22(21-8)13-4-2-3-5-19-13/h2-7H,1H3,(H,20,23). The van der Waals surface area contributed by atoms with E-state index in [0.717, 1.165) is 6.07 Å². The smallest absolute Gasteiger partial charge is 0.200 e. The van der Waals surface area contributed by atoms with Gasteiger partial charge in [-0.1, -0.05) is 17.7 Å². The van der Waals surface area contributed by atoms with E-state index in [1.54, 1.807) is 29.9 Å². The lowest BCUT2D eigenvalue weighted by molar-refractivity contribution is 0.630. The quantitative estimate of drug-likeness (QED) is 0.582. The Balaban J connectivity index is 2.17. The van der Waals surface area contributed by atoms with E-state index in [9.17, 15) is 9.18 Å². The minimum Gasteiger partial charge on any atom is -0.339 e. The van der Waals surface area contributed by atoms with E-state index >= 15 is 0 Å². The molecule has 0 saturated heterocycles. The summed E-state index contributed by atoms with van der Waals surface area (Å²) >= 11 is 5.82. The molecule has 1 N–H and O–H groups in total. The third-order valence-electron chi connectivity index (χ3n) is 3.71. The van der Waals surface area contributed by atoms with Gasteiger partial charge in [-0.15, -0.1) is 0 Å².